The lowest BCUT2D eigenvalue weighted by molar-refractivity contribution is 0.566. The van der Waals surface area contributed by atoms with Gasteiger partial charge >= 0.3 is 0 Å². The van der Waals surface area contributed by atoms with Gasteiger partial charge in [0, 0.05) is 31.1 Å². The fraction of sp³-hybridized carbons (Fsp3) is 0.714. The Labute approximate surface area is 125 Å². The minimum absolute atomic E-state index is 0.0415. The monoisotopic (exact) mass is 310 g/mol. The number of hydrogen-bond acceptors (Lipinski definition) is 6. The number of hydrogen-bond donors (Lipinski definition) is 1. The maximum Gasteiger partial charge on any atom is 0.154 e. The van der Waals surface area contributed by atoms with Crippen LogP contribution in [-0.4, -0.2) is 49.0 Å². The van der Waals surface area contributed by atoms with Gasteiger partial charge in [0.2, 0.25) is 0 Å². The Morgan fingerprint density at radius 2 is 2.14 bits per heavy atom. The van der Waals surface area contributed by atoms with Crippen LogP contribution in [0.1, 0.15) is 38.4 Å². The molecule has 0 bridgehead atoms. The summed E-state index contributed by atoms with van der Waals surface area (Å²) < 4.78 is 23.4. The van der Waals surface area contributed by atoms with E-state index in [-0.39, 0.29) is 17.5 Å². The van der Waals surface area contributed by atoms with Crippen LogP contribution in [0.5, 0.6) is 0 Å². The molecular weight excluding hydrogens is 288 g/mol. The number of anilines is 2. The van der Waals surface area contributed by atoms with Crippen molar-refractivity contribution >= 4 is 21.5 Å². The van der Waals surface area contributed by atoms with Crippen molar-refractivity contribution in [3.05, 3.63) is 11.9 Å². The summed E-state index contributed by atoms with van der Waals surface area (Å²) in [6.07, 6.45) is 2.30. The first-order valence-electron chi connectivity index (χ1n) is 7.58. The third-order valence-corrected chi connectivity index (χ3v) is 5.79. The number of nitrogens with one attached hydrogen (secondary N) is 1. The van der Waals surface area contributed by atoms with Gasteiger partial charge in [-0.1, -0.05) is 0 Å². The van der Waals surface area contributed by atoms with Gasteiger partial charge in [0.05, 0.1) is 11.5 Å². The SMILES string of the molecule is CCNc1cc(N2CCS(=O)(=O)CC2C)nc(C2CC2)n1. The molecule has 1 N–H and O–H groups in total. The zero-order valence-corrected chi connectivity index (χ0v) is 13.4. The quantitative estimate of drug-likeness (QED) is 0.906. The van der Waals surface area contributed by atoms with Crippen molar-refractivity contribution < 1.29 is 8.42 Å². The Balaban J connectivity index is 1.90. The molecule has 0 aromatic carbocycles. The summed E-state index contributed by atoms with van der Waals surface area (Å²) in [5.74, 6) is 3.47. The molecular formula is C14H22N4O2S. The predicted molar refractivity (Wildman–Crippen MR) is 83.6 cm³/mol. The molecule has 3 rings (SSSR count). The Morgan fingerprint density at radius 3 is 2.76 bits per heavy atom. The third kappa shape index (κ3) is 3.28. The molecule has 1 aromatic rings. The summed E-state index contributed by atoms with van der Waals surface area (Å²) in [5, 5.41) is 3.25. The lowest BCUT2D eigenvalue weighted by Crippen LogP contribution is -2.47. The molecule has 0 spiro atoms. The average molecular weight is 310 g/mol. The molecule has 0 amide bonds. The second-order valence-corrected chi connectivity index (χ2v) is 8.16. The van der Waals surface area contributed by atoms with Crippen LogP contribution in [0.15, 0.2) is 6.07 Å². The van der Waals surface area contributed by atoms with E-state index in [0.717, 1.165) is 36.8 Å². The highest BCUT2D eigenvalue weighted by Crippen LogP contribution is 2.39. The molecule has 7 heteroatoms. The normalized spacial score (nSPS) is 24.9. The van der Waals surface area contributed by atoms with Gasteiger partial charge in [0.1, 0.15) is 17.5 Å². The van der Waals surface area contributed by atoms with Crippen molar-refractivity contribution in [2.45, 2.75) is 38.6 Å². The number of nitrogens with zero attached hydrogens (tertiary/aromatic N) is 3. The zero-order valence-electron chi connectivity index (χ0n) is 12.5. The summed E-state index contributed by atoms with van der Waals surface area (Å²) in [6, 6.07) is 1.89. The minimum Gasteiger partial charge on any atom is -0.370 e. The Hall–Kier alpha value is -1.37. The molecule has 2 aliphatic rings. The fourth-order valence-electron chi connectivity index (χ4n) is 2.73. The van der Waals surface area contributed by atoms with Crippen molar-refractivity contribution in [1.29, 1.82) is 0 Å². The van der Waals surface area contributed by atoms with Gasteiger partial charge < -0.3 is 10.2 Å². The molecule has 1 saturated carbocycles. The lowest BCUT2D eigenvalue weighted by Gasteiger charge is -2.34. The molecule has 2 heterocycles. The molecule has 2 fully saturated rings. The predicted octanol–water partition coefficient (Wildman–Crippen LogP) is 1.41. The summed E-state index contributed by atoms with van der Waals surface area (Å²) >= 11 is 0. The van der Waals surface area contributed by atoms with Crippen LogP contribution in [-0.2, 0) is 9.84 Å². The van der Waals surface area contributed by atoms with E-state index in [1.165, 1.54) is 0 Å². The molecule has 1 aliphatic heterocycles. The van der Waals surface area contributed by atoms with Crippen molar-refractivity contribution in [3.8, 4) is 0 Å². The van der Waals surface area contributed by atoms with Gasteiger partial charge in [-0.25, -0.2) is 18.4 Å². The van der Waals surface area contributed by atoms with Crippen molar-refractivity contribution in [2.24, 2.45) is 0 Å². The van der Waals surface area contributed by atoms with Gasteiger partial charge in [-0.05, 0) is 26.7 Å². The summed E-state index contributed by atoms with van der Waals surface area (Å²) in [6.45, 7) is 5.30. The van der Waals surface area contributed by atoms with Crippen LogP contribution >= 0.6 is 0 Å². The largest absolute Gasteiger partial charge is 0.370 e. The van der Waals surface area contributed by atoms with Crippen LogP contribution in [0.3, 0.4) is 0 Å². The highest BCUT2D eigenvalue weighted by Gasteiger charge is 2.31. The lowest BCUT2D eigenvalue weighted by atomic mass is 10.3. The van der Waals surface area contributed by atoms with Crippen LogP contribution in [0, 0.1) is 0 Å². The van der Waals surface area contributed by atoms with E-state index in [4.69, 9.17) is 0 Å². The highest BCUT2D eigenvalue weighted by atomic mass is 32.2. The first kappa shape index (κ1) is 14.6. The second-order valence-electron chi connectivity index (χ2n) is 5.93. The molecule has 0 radical (unpaired) electrons. The second kappa shape index (κ2) is 5.44. The van der Waals surface area contributed by atoms with Gasteiger partial charge in [-0.2, -0.15) is 0 Å². The van der Waals surface area contributed by atoms with Crippen LogP contribution in [0.2, 0.25) is 0 Å². The Bertz CT molecular complexity index is 628. The van der Waals surface area contributed by atoms with Crippen molar-refractivity contribution in [1.82, 2.24) is 9.97 Å². The van der Waals surface area contributed by atoms with Crippen LogP contribution in [0.4, 0.5) is 11.6 Å². The maximum atomic E-state index is 11.7. The van der Waals surface area contributed by atoms with Crippen molar-refractivity contribution in [2.75, 3.05) is 34.8 Å². The molecule has 1 aromatic heterocycles. The number of rotatable bonds is 4. The molecule has 1 atom stereocenters. The molecule has 21 heavy (non-hydrogen) atoms. The maximum absolute atomic E-state index is 11.7. The van der Waals surface area contributed by atoms with Gasteiger partial charge in [0.25, 0.3) is 0 Å². The zero-order chi connectivity index (χ0) is 15.0. The minimum atomic E-state index is -2.91. The number of sulfone groups is 1. The molecule has 6 nitrogen and oxygen atoms in total. The van der Waals surface area contributed by atoms with E-state index in [1.54, 1.807) is 0 Å². The summed E-state index contributed by atoms with van der Waals surface area (Å²) in [7, 11) is -2.91. The fourth-order valence-corrected chi connectivity index (χ4v) is 4.29. The van der Waals surface area contributed by atoms with Crippen LogP contribution < -0.4 is 10.2 Å². The third-order valence-electron chi connectivity index (χ3n) is 3.99. The molecule has 1 saturated heterocycles. The smallest absolute Gasteiger partial charge is 0.154 e. The summed E-state index contributed by atoms with van der Waals surface area (Å²) in [4.78, 5) is 11.3. The summed E-state index contributed by atoms with van der Waals surface area (Å²) in [5.41, 5.74) is 0. The van der Waals surface area contributed by atoms with Gasteiger partial charge in [0.15, 0.2) is 9.84 Å². The van der Waals surface area contributed by atoms with Gasteiger partial charge in [-0.15, -0.1) is 0 Å². The molecule has 1 unspecified atom stereocenters. The first-order chi connectivity index (χ1) is 9.98. The van der Waals surface area contributed by atoms with E-state index in [9.17, 15) is 8.42 Å². The van der Waals surface area contributed by atoms with E-state index in [0.29, 0.717) is 12.5 Å². The first-order valence-corrected chi connectivity index (χ1v) is 9.40. The molecule has 116 valence electrons. The van der Waals surface area contributed by atoms with Crippen molar-refractivity contribution in [3.63, 3.8) is 0 Å². The Kier molecular flexibility index (Phi) is 3.77. The van der Waals surface area contributed by atoms with Gasteiger partial charge in [-0.3, -0.25) is 0 Å². The van der Waals surface area contributed by atoms with Crippen LogP contribution in [0.25, 0.3) is 0 Å². The topological polar surface area (TPSA) is 75.2 Å². The van der Waals surface area contributed by atoms with E-state index in [2.05, 4.69) is 20.2 Å². The number of aromatic nitrogens is 2. The average Bonchev–Trinajstić information content (AvgIpc) is 3.21. The van der Waals surface area contributed by atoms with E-state index in [1.807, 2.05) is 19.9 Å². The highest BCUT2D eigenvalue weighted by molar-refractivity contribution is 7.91. The van der Waals surface area contributed by atoms with E-state index >= 15 is 0 Å². The standard InChI is InChI=1S/C14H22N4O2S/c1-3-15-12-8-13(17-14(16-12)11-4-5-11)18-6-7-21(19,20)9-10(18)2/h8,10-11H,3-7,9H2,1-2H3,(H,15,16,17). The molecule has 1 aliphatic carbocycles. The Morgan fingerprint density at radius 1 is 1.38 bits per heavy atom. The van der Waals surface area contributed by atoms with E-state index < -0.39 is 9.84 Å².